The van der Waals surface area contributed by atoms with E-state index in [4.69, 9.17) is 28.7 Å². The number of rotatable bonds is 22. The Hall–Kier alpha value is -1.78. The van der Waals surface area contributed by atoms with Crippen LogP contribution in [0.2, 0.25) is 0 Å². The fraction of sp³-hybridized carbons (Fsp3) is 0.828. The van der Waals surface area contributed by atoms with Gasteiger partial charge in [0.25, 0.3) is 0 Å². The summed E-state index contributed by atoms with van der Waals surface area (Å²) < 4.78 is 41.8. The maximum Gasteiger partial charge on any atom is 0.472 e. The van der Waals surface area contributed by atoms with E-state index in [9.17, 15) is 14.3 Å². The number of phosphoric acid groups is 1. The highest BCUT2D eigenvalue weighted by molar-refractivity contribution is 7.47. The van der Waals surface area contributed by atoms with Crippen molar-refractivity contribution >= 4 is 13.8 Å². The number of hydrogen-bond acceptors (Lipinski definition) is 9. The summed E-state index contributed by atoms with van der Waals surface area (Å²) in [7, 11) is -4.29. The predicted octanol–water partition coefficient (Wildman–Crippen LogP) is 6.35. The van der Waals surface area contributed by atoms with Gasteiger partial charge >= 0.3 is 19.8 Å². The number of phosphoric ester groups is 1. The third-order valence-electron chi connectivity index (χ3n) is 7.54. The van der Waals surface area contributed by atoms with Gasteiger partial charge in [-0.15, -0.1) is 0 Å². The summed E-state index contributed by atoms with van der Waals surface area (Å²) in [5.74, 6) is -0.377. The minimum atomic E-state index is -4.29. The van der Waals surface area contributed by atoms with E-state index in [1.165, 1.54) is 70.3 Å². The van der Waals surface area contributed by atoms with Gasteiger partial charge in [-0.2, -0.15) is 4.98 Å². The lowest BCUT2D eigenvalue weighted by Crippen LogP contribution is -2.39. The van der Waals surface area contributed by atoms with Crippen LogP contribution in [-0.2, 0) is 27.9 Å². The number of nitrogens with one attached hydrogen (secondary N) is 1. The first-order chi connectivity index (χ1) is 19.8. The molecule has 3 rings (SSSR count). The second-order valence-corrected chi connectivity index (χ2v) is 12.5. The standard InChI is InChI=1S/C29H50N3O8P/c1-3-5-7-8-9-10-11-12-13-14-15-16-17-18-25(33)39-26-23(22-37-41(34,35)36-21-6-4-2)38-28-27(26)40-29-31-24(30)19-20-32(28)29/h19-20,23,26-28,30H,3-18,21-22H2,1-2H3,(H,34,35). The van der Waals surface area contributed by atoms with Gasteiger partial charge in [-0.1, -0.05) is 97.3 Å². The number of carbonyl (C=O) groups excluding carboxylic acids is 1. The highest BCUT2D eigenvalue weighted by Crippen LogP contribution is 2.46. The molecule has 0 bridgehead atoms. The van der Waals surface area contributed by atoms with Gasteiger partial charge < -0.3 is 19.1 Å². The summed E-state index contributed by atoms with van der Waals surface area (Å²) in [5.41, 5.74) is 0.0394. The van der Waals surface area contributed by atoms with Crippen molar-refractivity contribution in [2.24, 2.45) is 0 Å². The van der Waals surface area contributed by atoms with Crippen molar-refractivity contribution in [3.05, 3.63) is 17.8 Å². The van der Waals surface area contributed by atoms with Gasteiger partial charge in [0, 0.05) is 12.6 Å². The zero-order valence-corrected chi connectivity index (χ0v) is 25.7. The molecule has 234 valence electrons. The van der Waals surface area contributed by atoms with Gasteiger partial charge in [0.1, 0.15) is 6.10 Å². The van der Waals surface area contributed by atoms with Gasteiger partial charge in [-0.05, 0) is 18.9 Å². The van der Waals surface area contributed by atoms with Crippen LogP contribution in [0.25, 0.3) is 0 Å². The summed E-state index contributed by atoms with van der Waals surface area (Å²) in [4.78, 5) is 26.9. The van der Waals surface area contributed by atoms with Crippen molar-refractivity contribution < 1.29 is 37.5 Å². The smallest absolute Gasteiger partial charge is 0.455 e. The molecule has 5 unspecified atom stereocenters. The van der Waals surface area contributed by atoms with E-state index in [1.54, 1.807) is 10.8 Å². The van der Waals surface area contributed by atoms with Crippen LogP contribution in [0.1, 0.15) is 123 Å². The number of fused-ring (bicyclic) bond motifs is 3. The van der Waals surface area contributed by atoms with Crippen molar-refractivity contribution in [1.82, 2.24) is 9.55 Å². The Balaban J connectivity index is 1.40. The van der Waals surface area contributed by atoms with Crippen LogP contribution >= 0.6 is 7.82 Å². The van der Waals surface area contributed by atoms with Crippen LogP contribution in [0.15, 0.2) is 12.3 Å². The van der Waals surface area contributed by atoms with E-state index in [0.717, 1.165) is 25.7 Å². The second kappa shape index (κ2) is 18.0. The fourth-order valence-electron chi connectivity index (χ4n) is 5.18. The number of esters is 1. The van der Waals surface area contributed by atoms with Gasteiger partial charge in [0.15, 0.2) is 23.9 Å². The van der Waals surface area contributed by atoms with E-state index in [0.29, 0.717) is 6.42 Å². The fourth-order valence-corrected chi connectivity index (χ4v) is 5.95. The molecule has 2 aliphatic rings. The van der Waals surface area contributed by atoms with Crippen molar-refractivity contribution in [3.63, 3.8) is 0 Å². The van der Waals surface area contributed by atoms with Crippen molar-refractivity contribution in [2.45, 2.75) is 141 Å². The molecule has 41 heavy (non-hydrogen) atoms. The summed E-state index contributed by atoms with van der Waals surface area (Å²) in [5, 5.41) is 7.75. The molecular formula is C29H50N3O8P. The van der Waals surface area contributed by atoms with Gasteiger partial charge in [-0.3, -0.25) is 23.8 Å². The lowest BCUT2D eigenvalue weighted by molar-refractivity contribution is -0.156. The van der Waals surface area contributed by atoms with Crippen LogP contribution in [0.3, 0.4) is 0 Å². The Labute approximate surface area is 244 Å². The predicted molar refractivity (Wildman–Crippen MR) is 153 cm³/mol. The van der Waals surface area contributed by atoms with E-state index >= 15 is 0 Å². The number of aromatic nitrogens is 2. The van der Waals surface area contributed by atoms with Crippen molar-refractivity contribution in [3.8, 4) is 6.01 Å². The van der Waals surface area contributed by atoms with Gasteiger partial charge in [0.05, 0.1) is 13.2 Å². The first-order valence-corrected chi connectivity index (χ1v) is 17.1. The maximum atomic E-state index is 12.8. The van der Waals surface area contributed by atoms with Crippen LogP contribution in [0.4, 0.5) is 0 Å². The molecule has 0 amide bonds. The molecule has 1 aromatic rings. The number of unbranched alkanes of at least 4 members (excludes halogenated alkanes) is 13. The molecule has 2 aliphatic heterocycles. The summed E-state index contributed by atoms with van der Waals surface area (Å²) in [6.07, 6.45) is 16.1. The second-order valence-electron chi connectivity index (χ2n) is 11.0. The Morgan fingerprint density at radius 2 is 1.59 bits per heavy atom. The topological polar surface area (TPSA) is 142 Å². The zero-order chi connectivity index (χ0) is 29.5. The van der Waals surface area contributed by atoms with E-state index in [1.807, 2.05) is 6.92 Å². The Morgan fingerprint density at radius 3 is 2.22 bits per heavy atom. The van der Waals surface area contributed by atoms with E-state index in [2.05, 4.69) is 11.9 Å². The number of ether oxygens (including phenoxy) is 3. The molecule has 1 aromatic heterocycles. The highest BCUT2D eigenvalue weighted by atomic mass is 31.2. The number of nitrogens with zero attached hydrogens (tertiary/aromatic N) is 2. The van der Waals surface area contributed by atoms with Crippen LogP contribution in [0, 0.1) is 5.41 Å². The quantitative estimate of drug-likeness (QED) is 0.0886. The van der Waals surface area contributed by atoms with Gasteiger partial charge in [0.2, 0.25) is 0 Å². The molecule has 11 nitrogen and oxygen atoms in total. The average molecular weight is 600 g/mol. The molecule has 0 saturated carbocycles. The third kappa shape index (κ3) is 11.4. The minimum absolute atomic E-state index is 0.0394. The van der Waals surface area contributed by atoms with Crippen molar-refractivity contribution in [2.75, 3.05) is 13.2 Å². The van der Waals surface area contributed by atoms with Crippen molar-refractivity contribution in [1.29, 1.82) is 5.41 Å². The lowest BCUT2D eigenvalue weighted by Gasteiger charge is -2.23. The molecule has 1 fully saturated rings. The van der Waals surface area contributed by atoms with E-state index in [-0.39, 0.29) is 37.1 Å². The van der Waals surface area contributed by atoms with Crippen LogP contribution in [-0.4, -0.2) is 51.9 Å². The molecule has 0 aromatic carbocycles. The third-order valence-corrected chi connectivity index (χ3v) is 8.52. The highest BCUT2D eigenvalue weighted by Gasteiger charge is 2.54. The summed E-state index contributed by atoms with van der Waals surface area (Å²) in [6.45, 7) is 3.98. The molecular weight excluding hydrogens is 549 g/mol. The molecule has 0 spiro atoms. The number of carbonyl (C=O) groups is 1. The molecule has 0 radical (unpaired) electrons. The molecule has 1 saturated heterocycles. The monoisotopic (exact) mass is 599 g/mol. The molecule has 2 N–H and O–H groups in total. The first-order valence-electron chi connectivity index (χ1n) is 15.6. The average Bonchev–Trinajstić information content (AvgIpc) is 3.45. The van der Waals surface area contributed by atoms with Gasteiger partial charge in [-0.25, -0.2) is 4.57 Å². The summed E-state index contributed by atoms with van der Waals surface area (Å²) in [6, 6.07) is 1.70. The maximum absolute atomic E-state index is 12.8. The van der Waals surface area contributed by atoms with Crippen LogP contribution in [0.5, 0.6) is 6.01 Å². The zero-order valence-electron chi connectivity index (χ0n) is 24.8. The summed E-state index contributed by atoms with van der Waals surface area (Å²) >= 11 is 0. The molecule has 0 aliphatic carbocycles. The normalized spacial score (nSPS) is 22.6. The molecule has 3 heterocycles. The first kappa shape index (κ1) is 33.7. The SMILES string of the molecule is CCCCCCCCCCCCCCCC(=O)OC1C(COP(=O)(O)OCCCC)OC2C1Oc1nc(=N)ccn12. The van der Waals surface area contributed by atoms with Crippen LogP contribution < -0.4 is 10.2 Å². The lowest BCUT2D eigenvalue weighted by atomic mass is 10.0. The Bertz CT molecular complexity index is 1020. The Morgan fingerprint density at radius 1 is 0.976 bits per heavy atom. The number of hydrogen-bond donors (Lipinski definition) is 2. The Kier molecular flexibility index (Phi) is 14.8. The van der Waals surface area contributed by atoms with E-state index < -0.39 is 32.4 Å². The largest absolute Gasteiger partial charge is 0.472 e. The molecule has 5 atom stereocenters. The molecule has 12 heteroatoms. The minimum Gasteiger partial charge on any atom is -0.455 e.